The molecule has 0 bridgehead atoms. The van der Waals surface area contributed by atoms with Crippen LogP contribution in [0.4, 0.5) is 5.82 Å². The highest BCUT2D eigenvalue weighted by molar-refractivity contribution is 5.77. The van der Waals surface area contributed by atoms with Crippen molar-refractivity contribution in [2.45, 2.75) is 32.1 Å². The molecule has 160 valence electrons. The highest BCUT2D eigenvalue weighted by atomic mass is 16.5. The van der Waals surface area contributed by atoms with Gasteiger partial charge in [-0.25, -0.2) is 0 Å². The lowest BCUT2D eigenvalue weighted by atomic mass is 10.0. The van der Waals surface area contributed by atoms with Crippen LogP contribution in [-0.4, -0.2) is 61.4 Å². The Hall–Kier alpha value is -2.83. The monoisotopic (exact) mass is 410 g/mol. The second-order valence-electron chi connectivity index (χ2n) is 8.07. The molecule has 2 fully saturated rings. The van der Waals surface area contributed by atoms with Crippen molar-refractivity contribution < 1.29 is 14.3 Å². The van der Waals surface area contributed by atoms with Crippen molar-refractivity contribution in [3.63, 3.8) is 0 Å². The molecule has 0 unspecified atom stereocenters. The predicted octanol–water partition coefficient (Wildman–Crippen LogP) is 3.39. The van der Waals surface area contributed by atoms with Gasteiger partial charge in [0, 0.05) is 38.2 Å². The summed E-state index contributed by atoms with van der Waals surface area (Å²) in [6.07, 6.45) is 5.71. The fraction of sp³-hybridized carbons (Fsp3) is 0.522. The van der Waals surface area contributed by atoms with E-state index >= 15 is 0 Å². The minimum atomic E-state index is 0.313. The molecule has 0 N–H and O–H groups in total. The summed E-state index contributed by atoms with van der Waals surface area (Å²) in [5, 5.41) is 8.86. The first-order valence-corrected chi connectivity index (χ1v) is 10.8. The van der Waals surface area contributed by atoms with E-state index in [1.807, 2.05) is 35.2 Å². The van der Waals surface area contributed by atoms with E-state index in [1.165, 1.54) is 25.7 Å². The summed E-state index contributed by atoms with van der Waals surface area (Å²) in [6, 6.07) is 9.56. The number of ether oxygens (including phenoxy) is 2. The molecule has 1 saturated carbocycles. The quantitative estimate of drug-likeness (QED) is 0.727. The van der Waals surface area contributed by atoms with E-state index in [2.05, 4.69) is 15.1 Å². The average Bonchev–Trinajstić information content (AvgIpc) is 3.32. The molecule has 0 spiro atoms. The number of nitrogens with zero attached hydrogens (tertiary/aromatic N) is 4. The van der Waals surface area contributed by atoms with E-state index in [0.717, 1.165) is 61.2 Å². The maximum atomic E-state index is 12.6. The van der Waals surface area contributed by atoms with Gasteiger partial charge in [0.1, 0.15) is 11.5 Å². The number of hydrogen-bond acceptors (Lipinski definition) is 6. The van der Waals surface area contributed by atoms with Crippen LogP contribution in [0.5, 0.6) is 11.5 Å². The molecule has 30 heavy (non-hydrogen) atoms. The van der Waals surface area contributed by atoms with Gasteiger partial charge in [0.25, 0.3) is 0 Å². The Morgan fingerprint density at radius 2 is 1.77 bits per heavy atom. The second kappa shape index (κ2) is 9.32. The predicted molar refractivity (Wildman–Crippen MR) is 116 cm³/mol. The van der Waals surface area contributed by atoms with Crippen LogP contribution < -0.4 is 14.4 Å². The Kier molecular flexibility index (Phi) is 6.35. The Morgan fingerprint density at radius 3 is 2.40 bits per heavy atom. The molecule has 2 aliphatic rings. The molecular formula is C23H30N4O3. The van der Waals surface area contributed by atoms with Crippen molar-refractivity contribution in [2.24, 2.45) is 5.92 Å². The van der Waals surface area contributed by atoms with Gasteiger partial charge in [0.15, 0.2) is 5.82 Å². The summed E-state index contributed by atoms with van der Waals surface area (Å²) in [6.45, 7) is 3.07. The minimum absolute atomic E-state index is 0.313. The number of hydrogen-bond donors (Lipinski definition) is 0. The minimum Gasteiger partial charge on any atom is -0.497 e. The summed E-state index contributed by atoms with van der Waals surface area (Å²) >= 11 is 0. The van der Waals surface area contributed by atoms with Crippen molar-refractivity contribution in [3.05, 3.63) is 30.3 Å². The maximum absolute atomic E-state index is 12.6. The molecule has 1 amide bonds. The third kappa shape index (κ3) is 4.50. The van der Waals surface area contributed by atoms with E-state index < -0.39 is 0 Å². The van der Waals surface area contributed by atoms with Crippen molar-refractivity contribution >= 4 is 11.7 Å². The Bertz CT molecular complexity index is 857. The number of anilines is 1. The largest absolute Gasteiger partial charge is 0.497 e. The Labute approximate surface area is 178 Å². The SMILES string of the molecule is COc1ccc(OC)c(-c2ccc(N3CCN(C(=O)CC4CCCC4)CC3)nn2)c1. The third-order valence-corrected chi connectivity index (χ3v) is 6.23. The lowest BCUT2D eigenvalue weighted by molar-refractivity contribution is -0.132. The Morgan fingerprint density at radius 1 is 1.00 bits per heavy atom. The summed E-state index contributed by atoms with van der Waals surface area (Å²) in [5.74, 6) is 3.22. The van der Waals surface area contributed by atoms with Crippen LogP contribution in [0.3, 0.4) is 0 Å². The molecule has 7 heteroatoms. The number of aromatic nitrogens is 2. The summed E-state index contributed by atoms with van der Waals surface area (Å²) in [7, 11) is 3.28. The van der Waals surface area contributed by atoms with Crippen LogP contribution in [-0.2, 0) is 4.79 Å². The number of rotatable bonds is 6. The first-order chi connectivity index (χ1) is 14.7. The molecular weight excluding hydrogens is 380 g/mol. The van der Waals surface area contributed by atoms with Gasteiger partial charge in [0.05, 0.1) is 19.9 Å². The van der Waals surface area contributed by atoms with Gasteiger partial charge in [-0.3, -0.25) is 4.79 Å². The molecule has 1 aromatic carbocycles. The third-order valence-electron chi connectivity index (χ3n) is 6.23. The number of piperazine rings is 1. The zero-order valence-corrected chi connectivity index (χ0v) is 17.8. The van der Waals surface area contributed by atoms with Crippen LogP contribution >= 0.6 is 0 Å². The number of benzene rings is 1. The standard InChI is InChI=1S/C23H30N4O3/c1-29-18-7-9-21(30-2)19(16-18)20-8-10-22(25-24-20)26-11-13-27(14-12-26)23(28)15-17-5-3-4-6-17/h7-10,16-17H,3-6,11-15H2,1-2H3. The van der Waals surface area contributed by atoms with Crippen molar-refractivity contribution in [3.8, 4) is 22.8 Å². The zero-order valence-electron chi connectivity index (χ0n) is 17.8. The highest BCUT2D eigenvalue weighted by Gasteiger charge is 2.25. The first kappa shape index (κ1) is 20.4. The molecule has 7 nitrogen and oxygen atoms in total. The summed E-state index contributed by atoms with van der Waals surface area (Å²) < 4.78 is 10.8. The smallest absolute Gasteiger partial charge is 0.222 e. The number of amides is 1. The van der Waals surface area contributed by atoms with Crippen molar-refractivity contribution in [2.75, 3.05) is 45.3 Å². The number of methoxy groups -OCH3 is 2. The van der Waals surface area contributed by atoms with Gasteiger partial charge in [-0.2, -0.15) is 0 Å². The van der Waals surface area contributed by atoms with E-state index in [-0.39, 0.29) is 0 Å². The Balaban J connectivity index is 1.38. The van der Waals surface area contributed by atoms with Gasteiger partial charge >= 0.3 is 0 Å². The van der Waals surface area contributed by atoms with E-state index in [9.17, 15) is 4.79 Å². The normalized spacial score (nSPS) is 17.3. The number of carbonyl (C=O) groups excluding carboxylic acids is 1. The van der Waals surface area contributed by atoms with Gasteiger partial charge in [-0.05, 0) is 49.1 Å². The van der Waals surface area contributed by atoms with Crippen LogP contribution in [0.1, 0.15) is 32.1 Å². The highest BCUT2D eigenvalue weighted by Crippen LogP contribution is 2.32. The van der Waals surface area contributed by atoms with Crippen molar-refractivity contribution in [1.29, 1.82) is 0 Å². The molecule has 0 atom stereocenters. The van der Waals surface area contributed by atoms with Crippen LogP contribution in [0, 0.1) is 5.92 Å². The van der Waals surface area contributed by atoms with Gasteiger partial charge < -0.3 is 19.3 Å². The average molecular weight is 411 g/mol. The van der Waals surface area contributed by atoms with E-state index in [4.69, 9.17) is 9.47 Å². The lowest BCUT2D eigenvalue weighted by Crippen LogP contribution is -2.49. The molecule has 4 rings (SSSR count). The molecule has 0 radical (unpaired) electrons. The van der Waals surface area contributed by atoms with Crippen molar-refractivity contribution in [1.82, 2.24) is 15.1 Å². The lowest BCUT2D eigenvalue weighted by Gasteiger charge is -2.35. The van der Waals surface area contributed by atoms with Crippen LogP contribution in [0.25, 0.3) is 11.3 Å². The molecule has 1 aliphatic carbocycles. The van der Waals surface area contributed by atoms with Crippen LogP contribution in [0.2, 0.25) is 0 Å². The summed E-state index contributed by atoms with van der Waals surface area (Å²) in [5.41, 5.74) is 1.58. The number of carbonyl (C=O) groups is 1. The van der Waals surface area contributed by atoms with Gasteiger partial charge in [-0.1, -0.05) is 12.8 Å². The molecule has 2 heterocycles. The second-order valence-corrected chi connectivity index (χ2v) is 8.07. The fourth-order valence-electron chi connectivity index (χ4n) is 4.43. The first-order valence-electron chi connectivity index (χ1n) is 10.8. The molecule has 2 aromatic rings. The molecule has 1 aromatic heterocycles. The zero-order chi connectivity index (χ0) is 20.9. The van der Waals surface area contributed by atoms with Gasteiger partial charge in [0.2, 0.25) is 5.91 Å². The summed E-state index contributed by atoms with van der Waals surface area (Å²) in [4.78, 5) is 16.8. The van der Waals surface area contributed by atoms with E-state index in [0.29, 0.717) is 11.8 Å². The fourth-order valence-corrected chi connectivity index (χ4v) is 4.43. The van der Waals surface area contributed by atoms with E-state index in [1.54, 1.807) is 14.2 Å². The molecule has 1 saturated heterocycles. The molecule has 1 aliphatic heterocycles. The van der Waals surface area contributed by atoms with Gasteiger partial charge in [-0.15, -0.1) is 10.2 Å². The topological polar surface area (TPSA) is 67.8 Å². The van der Waals surface area contributed by atoms with Crippen LogP contribution in [0.15, 0.2) is 30.3 Å². The maximum Gasteiger partial charge on any atom is 0.222 e.